The average Bonchev–Trinajstić information content (AvgIpc) is 3.04. The molecular formula is C26H36N2O4. The number of amides is 1. The number of carbonyl (C=O) groups is 2. The Bertz CT molecular complexity index is 892. The molecule has 32 heavy (non-hydrogen) atoms. The molecule has 1 aromatic rings. The second-order valence-electron chi connectivity index (χ2n) is 9.92. The van der Waals surface area contributed by atoms with Crippen LogP contribution in [0.15, 0.2) is 35.6 Å². The van der Waals surface area contributed by atoms with Gasteiger partial charge in [-0.2, -0.15) is 0 Å². The number of hydrogen-bond donors (Lipinski definition) is 0. The molecule has 1 fully saturated rings. The van der Waals surface area contributed by atoms with E-state index in [9.17, 15) is 9.59 Å². The van der Waals surface area contributed by atoms with Crippen molar-refractivity contribution < 1.29 is 19.1 Å². The molecule has 2 heterocycles. The molecule has 0 spiro atoms. The third-order valence-corrected chi connectivity index (χ3v) is 7.26. The molecule has 0 bridgehead atoms. The van der Waals surface area contributed by atoms with Crippen LogP contribution in [0.25, 0.3) is 0 Å². The highest BCUT2D eigenvalue weighted by atomic mass is 16.5. The predicted octanol–water partition coefficient (Wildman–Crippen LogP) is 3.82. The van der Waals surface area contributed by atoms with Gasteiger partial charge in [0.25, 0.3) is 5.91 Å². The van der Waals surface area contributed by atoms with Gasteiger partial charge in [0.15, 0.2) is 11.5 Å². The molecule has 5 atom stereocenters. The molecule has 4 rings (SSSR count). The van der Waals surface area contributed by atoms with Crippen LogP contribution >= 0.6 is 0 Å². The Morgan fingerprint density at radius 1 is 1.09 bits per heavy atom. The summed E-state index contributed by atoms with van der Waals surface area (Å²) in [6.45, 7) is 8.42. The first-order valence-electron chi connectivity index (χ1n) is 11.9. The number of benzene rings is 1. The quantitative estimate of drug-likeness (QED) is 0.645. The summed E-state index contributed by atoms with van der Waals surface area (Å²) in [7, 11) is 3.98. The van der Waals surface area contributed by atoms with Gasteiger partial charge in [-0.05, 0) is 62.9 Å². The molecule has 0 aromatic heterocycles. The van der Waals surface area contributed by atoms with Crippen LogP contribution in [0.1, 0.15) is 51.6 Å². The van der Waals surface area contributed by atoms with Gasteiger partial charge >= 0.3 is 0 Å². The van der Waals surface area contributed by atoms with Gasteiger partial charge in [0.1, 0.15) is 11.9 Å². The van der Waals surface area contributed by atoms with Crippen molar-refractivity contribution in [2.24, 2.45) is 17.8 Å². The maximum absolute atomic E-state index is 13.8. The molecule has 6 heteroatoms. The van der Waals surface area contributed by atoms with E-state index in [0.717, 1.165) is 37.1 Å². The first-order valence-corrected chi connectivity index (χ1v) is 11.9. The van der Waals surface area contributed by atoms with Gasteiger partial charge < -0.3 is 19.3 Å². The molecule has 0 radical (unpaired) electrons. The van der Waals surface area contributed by atoms with Crippen molar-refractivity contribution in [3.63, 3.8) is 0 Å². The lowest BCUT2D eigenvalue weighted by molar-refractivity contribution is -0.137. The summed E-state index contributed by atoms with van der Waals surface area (Å²) in [6, 6.07) is 7.42. The van der Waals surface area contributed by atoms with E-state index in [2.05, 4.69) is 25.7 Å². The molecule has 1 saturated carbocycles. The minimum atomic E-state index is -0.402. The number of rotatable bonds is 7. The fourth-order valence-corrected chi connectivity index (χ4v) is 5.16. The number of nitrogens with zero attached hydrogens (tertiary/aromatic N) is 2. The second-order valence-corrected chi connectivity index (χ2v) is 9.92. The Morgan fingerprint density at radius 2 is 1.78 bits per heavy atom. The van der Waals surface area contributed by atoms with Crippen LogP contribution in [-0.2, 0) is 14.3 Å². The van der Waals surface area contributed by atoms with E-state index in [1.165, 1.54) is 0 Å². The van der Waals surface area contributed by atoms with Gasteiger partial charge in [-0.25, -0.2) is 0 Å². The number of fused-ring (bicyclic) bond motifs is 1. The fraction of sp³-hybridized carbons (Fsp3) is 0.615. The van der Waals surface area contributed by atoms with Gasteiger partial charge in [0, 0.05) is 13.1 Å². The van der Waals surface area contributed by atoms with Crippen LogP contribution in [0, 0.1) is 17.8 Å². The minimum Gasteiger partial charge on any atom is -0.494 e. The van der Waals surface area contributed by atoms with Gasteiger partial charge in [-0.1, -0.05) is 32.9 Å². The van der Waals surface area contributed by atoms with Crippen LogP contribution in [0.5, 0.6) is 5.75 Å². The number of likely N-dealkylation sites (N-methyl/N-ethyl adjacent to an activating group) is 1. The molecule has 1 aromatic carbocycles. The van der Waals surface area contributed by atoms with E-state index in [-0.39, 0.29) is 29.5 Å². The Morgan fingerprint density at radius 3 is 2.44 bits per heavy atom. The van der Waals surface area contributed by atoms with Crippen LogP contribution in [0.3, 0.4) is 0 Å². The Balaban J connectivity index is 1.69. The van der Waals surface area contributed by atoms with Crippen LogP contribution in [-0.4, -0.2) is 61.4 Å². The Labute approximate surface area is 191 Å². The summed E-state index contributed by atoms with van der Waals surface area (Å²) in [5, 5.41) is 0. The van der Waals surface area contributed by atoms with Crippen molar-refractivity contribution >= 4 is 11.7 Å². The highest BCUT2D eigenvalue weighted by Gasteiger charge is 2.53. The lowest BCUT2D eigenvalue weighted by Gasteiger charge is -2.40. The minimum absolute atomic E-state index is 0.104. The standard InChI is InChI=1S/C26H36N2O4/c1-6-13-31-19-9-7-18(8-10-19)23-22-24(29)20-14-16(2)17(3)15-21(20)32-25(22)26(30)28(23)12-11-27(4)5/h7-10,16-17,20-21,23H,6,11-15H2,1-5H3. The van der Waals surface area contributed by atoms with E-state index >= 15 is 0 Å². The number of Topliss-reactive ketones (excluding diaryl/α,β-unsaturated/α-hetero) is 1. The lowest BCUT2D eigenvalue weighted by atomic mass is 9.70. The summed E-state index contributed by atoms with van der Waals surface area (Å²) in [5.41, 5.74) is 1.48. The van der Waals surface area contributed by atoms with Gasteiger partial charge in [0.2, 0.25) is 0 Å². The largest absolute Gasteiger partial charge is 0.494 e. The van der Waals surface area contributed by atoms with E-state index in [4.69, 9.17) is 9.47 Å². The van der Waals surface area contributed by atoms with Gasteiger partial charge in [0.05, 0.1) is 24.1 Å². The molecule has 174 valence electrons. The summed E-state index contributed by atoms with van der Waals surface area (Å²) < 4.78 is 12.0. The maximum atomic E-state index is 13.8. The zero-order valence-corrected chi connectivity index (χ0v) is 20.0. The highest BCUT2D eigenvalue weighted by molar-refractivity contribution is 6.11. The molecule has 0 N–H and O–H groups in total. The van der Waals surface area contributed by atoms with Crippen LogP contribution < -0.4 is 4.74 Å². The molecular weight excluding hydrogens is 404 g/mol. The maximum Gasteiger partial charge on any atom is 0.290 e. The molecule has 6 nitrogen and oxygen atoms in total. The van der Waals surface area contributed by atoms with Crippen molar-refractivity contribution in [2.45, 2.75) is 52.2 Å². The number of ether oxygens (including phenoxy) is 2. The molecule has 1 aliphatic carbocycles. The third-order valence-electron chi connectivity index (χ3n) is 7.26. The molecule has 2 aliphatic heterocycles. The highest BCUT2D eigenvalue weighted by Crippen LogP contribution is 2.48. The van der Waals surface area contributed by atoms with Crippen molar-refractivity contribution in [1.82, 2.24) is 9.80 Å². The van der Waals surface area contributed by atoms with Crippen molar-refractivity contribution in [3.8, 4) is 5.75 Å². The van der Waals surface area contributed by atoms with E-state index in [1.807, 2.05) is 43.3 Å². The zero-order valence-electron chi connectivity index (χ0n) is 20.0. The molecule has 5 unspecified atom stereocenters. The SMILES string of the molecule is CCCOc1ccc(C2C3=C(OC4CC(C)C(C)CC4C3=O)C(=O)N2CCN(C)C)cc1. The Kier molecular flexibility index (Phi) is 6.61. The number of ketones is 1. The normalized spacial score (nSPS) is 29.8. The summed E-state index contributed by atoms with van der Waals surface area (Å²) in [6.07, 6.45) is 2.41. The molecule has 3 aliphatic rings. The molecule has 1 amide bonds. The number of hydrogen-bond acceptors (Lipinski definition) is 5. The smallest absolute Gasteiger partial charge is 0.290 e. The fourth-order valence-electron chi connectivity index (χ4n) is 5.16. The second kappa shape index (κ2) is 9.26. The topological polar surface area (TPSA) is 59.1 Å². The van der Waals surface area contributed by atoms with E-state index in [1.54, 1.807) is 0 Å². The third kappa shape index (κ3) is 4.17. The van der Waals surface area contributed by atoms with Crippen molar-refractivity contribution in [1.29, 1.82) is 0 Å². The van der Waals surface area contributed by atoms with Gasteiger partial charge in [-0.3, -0.25) is 9.59 Å². The lowest BCUT2D eigenvalue weighted by Crippen LogP contribution is -2.43. The summed E-state index contributed by atoms with van der Waals surface area (Å²) >= 11 is 0. The van der Waals surface area contributed by atoms with E-state index < -0.39 is 6.04 Å². The van der Waals surface area contributed by atoms with E-state index in [0.29, 0.717) is 30.6 Å². The zero-order chi connectivity index (χ0) is 23.0. The van der Waals surface area contributed by atoms with Crippen molar-refractivity contribution in [3.05, 3.63) is 41.2 Å². The number of carbonyl (C=O) groups excluding carboxylic acids is 2. The first kappa shape index (κ1) is 22.8. The summed E-state index contributed by atoms with van der Waals surface area (Å²) in [5.74, 6) is 1.84. The van der Waals surface area contributed by atoms with Gasteiger partial charge in [-0.15, -0.1) is 0 Å². The Hall–Kier alpha value is -2.34. The predicted molar refractivity (Wildman–Crippen MR) is 123 cm³/mol. The summed E-state index contributed by atoms with van der Waals surface area (Å²) in [4.78, 5) is 31.1. The van der Waals surface area contributed by atoms with Crippen LogP contribution in [0.2, 0.25) is 0 Å². The monoisotopic (exact) mass is 440 g/mol. The molecule has 0 saturated heterocycles. The average molecular weight is 441 g/mol. The first-order chi connectivity index (χ1) is 15.3. The van der Waals surface area contributed by atoms with Crippen LogP contribution in [0.4, 0.5) is 0 Å². The van der Waals surface area contributed by atoms with Crippen molar-refractivity contribution in [2.75, 3.05) is 33.8 Å².